The van der Waals surface area contributed by atoms with Crippen LogP contribution in [0.25, 0.3) is 0 Å². The average molecular weight is 463 g/mol. The number of nitrogens with zero attached hydrogens (tertiary/aromatic N) is 4. The van der Waals surface area contributed by atoms with E-state index >= 15 is 0 Å². The van der Waals surface area contributed by atoms with Gasteiger partial charge in [0, 0.05) is 31.4 Å². The number of ether oxygens (including phenoxy) is 1. The Morgan fingerprint density at radius 1 is 1.12 bits per heavy atom. The molecule has 1 unspecified atom stereocenters. The quantitative estimate of drug-likeness (QED) is 0.261. The molecular formula is C22H21N7O5. The van der Waals surface area contributed by atoms with Crippen molar-refractivity contribution in [3.8, 4) is 0 Å². The molecule has 3 aromatic rings. The number of rotatable bonds is 8. The monoisotopic (exact) mass is 463 g/mol. The van der Waals surface area contributed by atoms with E-state index in [9.17, 15) is 19.7 Å². The van der Waals surface area contributed by atoms with Crippen LogP contribution in [0.15, 0.2) is 67.0 Å². The summed E-state index contributed by atoms with van der Waals surface area (Å²) in [6.07, 6.45) is 1.80. The van der Waals surface area contributed by atoms with Crippen LogP contribution in [0.3, 0.4) is 0 Å². The molecule has 1 aromatic carbocycles. The summed E-state index contributed by atoms with van der Waals surface area (Å²) in [5.74, 6) is 0.726. The lowest BCUT2D eigenvalue weighted by Crippen LogP contribution is -2.33. The van der Waals surface area contributed by atoms with Gasteiger partial charge in [0.05, 0.1) is 17.2 Å². The van der Waals surface area contributed by atoms with Gasteiger partial charge in [-0.05, 0) is 17.7 Å². The molecule has 2 aromatic heterocycles. The van der Waals surface area contributed by atoms with Crippen LogP contribution in [-0.4, -0.2) is 46.6 Å². The van der Waals surface area contributed by atoms with Crippen LogP contribution in [0.2, 0.25) is 0 Å². The third-order valence-corrected chi connectivity index (χ3v) is 4.96. The lowest BCUT2D eigenvalue weighted by Gasteiger charge is -2.14. The van der Waals surface area contributed by atoms with Crippen molar-refractivity contribution in [2.24, 2.45) is 0 Å². The highest BCUT2D eigenvalue weighted by Gasteiger charge is 2.33. The minimum absolute atomic E-state index is 0.101. The molecule has 0 radical (unpaired) electrons. The summed E-state index contributed by atoms with van der Waals surface area (Å²) in [6.45, 7) is 0.967. The normalized spacial score (nSPS) is 14.9. The Bertz CT molecular complexity index is 1170. The van der Waals surface area contributed by atoms with E-state index in [0.29, 0.717) is 24.6 Å². The van der Waals surface area contributed by atoms with Crippen molar-refractivity contribution >= 4 is 35.1 Å². The summed E-state index contributed by atoms with van der Waals surface area (Å²) in [7, 11) is 0. The van der Waals surface area contributed by atoms with Crippen molar-refractivity contribution in [2.75, 3.05) is 35.2 Å². The van der Waals surface area contributed by atoms with Gasteiger partial charge < -0.3 is 15.4 Å². The number of pyridine rings is 2. The molecule has 0 bridgehead atoms. The molecule has 12 heteroatoms. The van der Waals surface area contributed by atoms with Gasteiger partial charge in [0.25, 0.3) is 5.69 Å². The predicted molar refractivity (Wildman–Crippen MR) is 124 cm³/mol. The van der Waals surface area contributed by atoms with Gasteiger partial charge in [-0.2, -0.15) is 0 Å². The summed E-state index contributed by atoms with van der Waals surface area (Å²) >= 11 is 0. The summed E-state index contributed by atoms with van der Waals surface area (Å²) in [5, 5.41) is 18.9. The van der Waals surface area contributed by atoms with Gasteiger partial charge >= 0.3 is 12.1 Å². The van der Waals surface area contributed by atoms with Crippen LogP contribution in [0.4, 0.5) is 32.6 Å². The van der Waals surface area contributed by atoms with Crippen molar-refractivity contribution in [1.29, 1.82) is 0 Å². The molecule has 12 nitrogen and oxygen atoms in total. The second-order valence-corrected chi connectivity index (χ2v) is 7.26. The van der Waals surface area contributed by atoms with Crippen LogP contribution in [-0.2, 0) is 4.74 Å². The number of carbonyl (C=O) groups is 2. The lowest BCUT2D eigenvalue weighted by atomic mass is 10.1. The number of hydrogen-bond donors (Lipinski definition) is 3. The van der Waals surface area contributed by atoms with Gasteiger partial charge in [-0.15, -0.1) is 0 Å². The summed E-state index contributed by atoms with van der Waals surface area (Å²) in [6, 6.07) is 15.1. The molecule has 3 amide bonds. The summed E-state index contributed by atoms with van der Waals surface area (Å²) in [4.78, 5) is 44.2. The molecule has 3 N–H and O–H groups in total. The van der Waals surface area contributed by atoms with Crippen molar-refractivity contribution in [2.45, 2.75) is 6.10 Å². The number of urea groups is 1. The van der Waals surface area contributed by atoms with Gasteiger partial charge in [0.15, 0.2) is 0 Å². The van der Waals surface area contributed by atoms with Crippen molar-refractivity contribution in [3.63, 3.8) is 0 Å². The van der Waals surface area contributed by atoms with Gasteiger partial charge in [-0.25, -0.2) is 19.6 Å². The van der Waals surface area contributed by atoms with E-state index in [-0.39, 0.29) is 24.2 Å². The maximum absolute atomic E-state index is 12.4. The summed E-state index contributed by atoms with van der Waals surface area (Å²) < 4.78 is 5.48. The van der Waals surface area contributed by atoms with E-state index in [1.807, 2.05) is 30.3 Å². The minimum Gasteiger partial charge on any atom is -0.439 e. The third-order valence-electron chi connectivity index (χ3n) is 4.96. The number of nitro groups is 1. The first-order valence-electron chi connectivity index (χ1n) is 10.4. The fourth-order valence-electron chi connectivity index (χ4n) is 3.30. The predicted octanol–water partition coefficient (Wildman–Crippen LogP) is 3.32. The number of cyclic esters (lactones) is 1. The number of amides is 3. The van der Waals surface area contributed by atoms with Gasteiger partial charge in [0.2, 0.25) is 0 Å². The molecular weight excluding hydrogens is 442 g/mol. The maximum Gasteiger partial charge on any atom is 0.415 e. The minimum atomic E-state index is -0.528. The second-order valence-electron chi connectivity index (χ2n) is 7.26. The Labute approximate surface area is 194 Å². The van der Waals surface area contributed by atoms with E-state index in [1.165, 1.54) is 23.2 Å². The SMILES string of the molecule is O=C(NCCNc1ccc([N+](=O)[O-])cn1)Nc1cc(N2CC(c3ccccc3)OC2=O)ccn1. The number of anilines is 3. The highest BCUT2D eigenvalue weighted by atomic mass is 16.6. The van der Waals surface area contributed by atoms with Gasteiger partial charge in [-0.1, -0.05) is 30.3 Å². The Balaban J connectivity index is 1.26. The molecule has 1 aliphatic rings. The number of aromatic nitrogens is 2. The molecule has 3 heterocycles. The van der Waals surface area contributed by atoms with Gasteiger partial charge in [0.1, 0.15) is 23.9 Å². The zero-order valence-electron chi connectivity index (χ0n) is 17.9. The van der Waals surface area contributed by atoms with Crippen LogP contribution in [0.5, 0.6) is 0 Å². The average Bonchev–Trinajstić information content (AvgIpc) is 3.24. The van der Waals surface area contributed by atoms with E-state index in [2.05, 4.69) is 25.9 Å². The topological polar surface area (TPSA) is 152 Å². The molecule has 1 aliphatic heterocycles. The molecule has 34 heavy (non-hydrogen) atoms. The van der Waals surface area contributed by atoms with Crippen LogP contribution in [0, 0.1) is 10.1 Å². The highest BCUT2D eigenvalue weighted by Crippen LogP contribution is 2.30. The fourth-order valence-corrected chi connectivity index (χ4v) is 3.30. The lowest BCUT2D eigenvalue weighted by molar-refractivity contribution is -0.385. The van der Waals surface area contributed by atoms with E-state index < -0.39 is 17.0 Å². The molecule has 0 saturated carbocycles. The zero-order valence-corrected chi connectivity index (χ0v) is 17.9. The van der Waals surface area contributed by atoms with Gasteiger partial charge in [-0.3, -0.25) is 20.3 Å². The van der Waals surface area contributed by atoms with Crippen molar-refractivity contribution < 1.29 is 19.2 Å². The first-order chi connectivity index (χ1) is 16.5. The van der Waals surface area contributed by atoms with E-state index in [1.54, 1.807) is 12.1 Å². The Hall–Kier alpha value is -4.74. The fraction of sp³-hybridized carbons (Fsp3) is 0.182. The Morgan fingerprint density at radius 2 is 1.94 bits per heavy atom. The largest absolute Gasteiger partial charge is 0.439 e. The standard InChI is InChI=1S/C22H21N7O5/c30-21(25-11-10-24-19-7-6-17(13-26-19)29(32)33)27-20-12-16(8-9-23-20)28-14-18(34-22(28)31)15-4-2-1-3-5-15/h1-9,12-13,18H,10-11,14H2,(H,24,26)(H2,23,25,27,30). The van der Waals surface area contributed by atoms with Crippen LogP contribution < -0.4 is 20.9 Å². The smallest absolute Gasteiger partial charge is 0.415 e. The van der Waals surface area contributed by atoms with Crippen molar-refractivity contribution in [3.05, 3.63) is 82.7 Å². The second kappa shape index (κ2) is 10.3. The third kappa shape index (κ3) is 5.54. The summed E-state index contributed by atoms with van der Waals surface area (Å²) in [5.41, 5.74) is 1.36. The first kappa shape index (κ1) is 22.5. The Kier molecular flexibility index (Phi) is 6.77. The van der Waals surface area contributed by atoms with Crippen molar-refractivity contribution in [1.82, 2.24) is 15.3 Å². The maximum atomic E-state index is 12.4. The molecule has 174 valence electrons. The van der Waals surface area contributed by atoms with Crippen LogP contribution in [0.1, 0.15) is 11.7 Å². The zero-order chi connectivity index (χ0) is 23.9. The molecule has 1 atom stereocenters. The molecule has 1 fully saturated rings. The molecule has 1 saturated heterocycles. The number of hydrogen-bond acceptors (Lipinski definition) is 8. The van der Waals surface area contributed by atoms with E-state index in [4.69, 9.17) is 4.74 Å². The molecule has 4 rings (SSSR count). The molecule has 0 aliphatic carbocycles. The number of benzene rings is 1. The number of nitrogens with one attached hydrogen (secondary N) is 3. The highest BCUT2D eigenvalue weighted by molar-refractivity contribution is 5.92. The first-order valence-corrected chi connectivity index (χ1v) is 10.4. The van der Waals surface area contributed by atoms with Crippen LogP contribution >= 0.6 is 0 Å². The Morgan fingerprint density at radius 3 is 2.68 bits per heavy atom. The number of carbonyl (C=O) groups excluding carboxylic acids is 2. The van der Waals surface area contributed by atoms with E-state index in [0.717, 1.165) is 11.8 Å². The molecule has 0 spiro atoms.